The fraction of sp³-hybridized carbons (Fsp3) is 0.875. The first-order valence-corrected chi connectivity index (χ1v) is 6.69. The van der Waals surface area contributed by atoms with Crippen molar-refractivity contribution in [3.8, 4) is 0 Å². The van der Waals surface area contributed by atoms with E-state index in [4.69, 9.17) is 20.4 Å². The van der Waals surface area contributed by atoms with Crippen LogP contribution < -0.4 is 0 Å². The van der Waals surface area contributed by atoms with E-state index in [1.54, 1.807) is 0 Å². The number of aliphatic hydroxyl groups is 3. The molecule has 0 amide bonds. The highest BCUT2D eigenvalue weighted by Gasteiger charge is 2.27. The molecule has 0 aliphatic rings. The van der Waals surface area contributed by atoms with Crippen LogP contribution in [-0.2, 0) is 4.79 Å². The molecule has 5 nitrogen and oxygen atoms in total. The Kier molecular flexibility index (Phi) is 10.5. The Hall–Kier alpha value is 0.790. The largest absolute Gasteiger partial charge is 0.479 e. The van der Waals surface area contributed by atoms with Crippen molar-refractivity contribution >= 4 is 53.8 Å². The summed E-state index contributed by atoms with van der Waals surface area (Å²) in [5.41, 5.74) is -0.667. The molecule has 4 N–H and O–H groups in total. The molecule has 0 spiro atoms. The summed E-state index contributed by atoms with van der Waals surface area (Å²) in [6, 6.07) is 0. The average molecular weight is 431 g/mol. The van der Waals surface area contributed by atoms with Crippen molar-refractivity contribution < 1.29 is 25.2 Å². The molecule has 0 aromatic carbocycles. The summed E-state index contributed by atoms with van der Waals surface area (Å²) >= 11 is 8.33. The Morgan fingerprint density at radius 2 is 1.31 bits per heavy atom. The van der Waals surface area contributed by atoms with Crippen molar-refractivity contribution in [1.82, 2.24) is 0 Å². The lowest BCUT2D eigenvalue weighted by Gasteiger charge is -2.24. The molecular weight excluding hydrogens is 416 g/mol. The number of hydrogen-bond donors (Lipinski definition) is 4. The summed E-state index contributed by atoms with van der Waals surface area (Å²) in [6.45, 7) is 1.35. The number of aliphatic carboxylic acids is 1. The second kappa shape index (κ2) is 8.82. The highest BCUT2D eigenvalue weighted by Crippen LogP contribution is 2.33. The standard InChI is InChI=1S/C6H14O3.C2HBr3O2/c1-2-6(3-7,4-8)5-9;3-2(4,5)1(6)7/h7-9H,2-5H2,1H3;(H,6,7). The quantitative estimate of drug-likeness (QED) is 0.503. The average Bonchev–Trinajstić information content (AvgIpc) is 2.21. The predicted octanol–water partition coefficient (Wildman–Crippen LogP) is 1.27. The van der Waals surface area contributed by atoms with Crippen molar-refractivity contribution in [3.05, 3.63) is 0 Å². The summed E-state index contributed by atoms with van der Waals surface area (Å²) in [7, 11) is 0. The first-order valence-electron chi connectivity index (χ1n) is 4.31. The van der Waals surface area contributed by atoms with Gasteiger partial charge in [-0.2, -0.15) is 0 Å². The Bertz CT molecular complexity index is 183. The van der Waals surface area contributed by atoms with Crippen LogP contribution in [0.2, 0.25) is 0 Å². The predicted molar refractivity (Wildman–Crippen MR) is 71.1 cm³/mol. The maximum atomic E-state index is 9.88. The van der Waals surface area contributed by atoms with Crippen LogP contribution in [0.15, 0.2) is 0 Å². The van der Waals surface area contributed by atoms with Crippen molar-refractivity contribution in [3.63, 3.8) is 0 Å². The first kappa shape index (κ1) is 19.1. The number of hydrogen-bond acceptors (Lipinski definition) is 4. The molecule has 0 bridgehead atoms. The third-order valence-electron chi connectivity index (χ3n) is 2.00. The van der Waals surface area contributed by atoms with Crippen molar-refractivity contribution in [2.45, 2.75) is 15.5 Å². The van der Waals surface area contributed by atoms with E-state index < -0.39 is 13.5 Å². The molecular formula is C8H15Br3O5. The number of rotatable bonds is 4. The van der Waals surface area contributed by atoms with E-state index in [1.165, 1.54) is 0 Å². The van der Waals surface area contributed by atoms with Crippen molar-refractivity contribution in [1.29, 1.82) is 0 Å². The van der Waals surface area contributed by atoms with Crippen LogP contribution in [-0.4, -0.2) is 48.4 Å². The van der Waals surface area contributed by atoms with E-state index in [-0.39, 0.29) is 19.8 Å². The number of carboxylic acid groups (broad SMARTS) is 1. The van der Waals surface area contributed by atoms with Gasteiger partial charge >= 0.3 is 5.97 Å². The lowest BCUT2D eigenvalue weighted by molar-refractivity contribution is -0.134. The number of carbonyl (C=O) groups is 1. The second-order valence-electron chi connectivity index (χ2n) is 3.13. The monoisotopic (exact) mass is 428 g/mol. The molecule has 0 fully saturated rings. The van der Waals surface area contributed by atoms with Gasteiger partial charge in [-0.3, -0.25) is 0 Å². The molecule has 0 aliphatic heterocycles. The smallest absolute Gasteiger partial charge is 0.342 e. The second-order valence-corrected chi connectivity index (χ2v) is 9.89. The van der Waals surface area contributed by atoms with Gasteiger partial charge in [-0.15, -0.1) is 0 Å². The topological polar surface area (TPSA) is 98.0 Å². The molecule has 0 saturated heterocycles. The fourth-order valence-electron chi connectivity index (χ4n) is 0.485. The SMILES string of the molecule is CCC(CO)(CO)CO.O=C(O)C(Br)(Br)Br. The normalized spacial score (nSPS) is 11.7. The zero-order valence-corrected chi connectivity index (χ0v) is 13.4. The van der Waals surface area contributed by atoms with Crippen molar-refractivity contribution in [2.24, 2.45) is 5.41 Å². The Morgan fingerprint density at radius 1 is 1.06 bits per heavy atom. The highest BCUT2D eigenvalue weighted by molar-refractivity contribution is 9.40. The van der Waals surface area contributed by atoms with Gasteiger partial charge < -0.3 is 20.4 Å². The summed E-state index contributed by atoms with van der Waals surface area (Å²) in [5.74, 6) is -1.01. The molecule has 0 aliphatic carbocycles. The summed E-state index contributed by atoms with van der Waals surface area (Å²) in [6.07, 6.45) is 0.594. The Morgan fingerprint density at radius 3 is 1.31 bits per heavy atom. The van der Waals surface area contributed by atoms with E-state index in [2.05, 4.69) is 47.8 Å². The molecule has 16 heavy (non-hydrogen) atoms. The van der Waals surface area contributed by atoms with Gasteiger partial charge in [0.25, 0.3) is 0 Å². The first-order chi connectivity index (χ1) is 7.19. The van der Waals surface area contributed by atoms with E-state index >= 15 is 0 Å². The minimum Gasteiger partial charge on any atom is -0.479 e. The molecule has 8 heteroatoms. The van der Waals surface area contributed by atoms with Crippen LogP contribution >= 0.6 is 47.8 Å². The molecule has 0 unspecified atom stereocenters. The molecule has 0 aromatic heterocycles. The molecule has 0 atom stereocenters. The van der Waals surface area contributed by atoms with Gasteiger partial charge in [-0.1, -0.05) is 6.92 Å². The van der Waals surface area contributed by atoms with Gasteiger partial charge in [0.2, 0.25) is 2.14 Å². The molecule has 0 saturated carbocycles. The van der Waals surface area contributed by atoms with Gasteiger partial charge in [-0.25, -0.2) is 4.79 Å². The maximum Gasteiger partial charge on any atom is 0.342 e. The lowest BCUT2D eigenvalue weighted by Crippen LogP contribution is -2.32. The number of alkyl halides is 3. The van der Waals surface area contributed by atoms with Crippen LogP contribution in [0.1, 0.15) is 13.3 Å². The lowest BCUT2D eigenvalue weighted by atomic mass is 9.88. The number of aliphatic hydroxyl groups excluding tert-OH is 3. The molecule has 0 rings (SSSR count). The van der Waals surface area contributed by atoms with Crippen LogP contribution in [0.3, 0.4) is 0 Å². The molecule has 98 valence electrons. The third kappa shape index (κ3) is 7.97. The molecule has 0 heterocycles. The van der Waals surface area contributed by atoms with Crippen LogP contribution in [0.25, 0.3) is 0 Å². The number of carboxylic acids is 1. The summed E-state index contributed by atoms with van der Waals surface area (Å²) in [4.78, 5) is 9.88. The van der Waals surface area contributed by atoms with E-state index in [9.17, 15) is 4.79 Å². The Balaban J connectivity index is 0. The minimum absolute atomic E-state index is 0.156. The molecule has 0 aromatic rings. The maximum absolute atomic E-state index is 9.88. The number of halogens is 3. The summed E-state index contributed by atoms with van der Waals surface area (Å²) < 4.78 is -1.15. The third-order valence-corrected chi connectivity index (χ3v) is 3.02. The van der Waals surface area contributed by atoms with Gasteiger partial charge in [0.1, 0.15) is 0 Å². The van der Waals surface area contributed by atoms with Crippen molar-refractivity contribution in [2.75, 3.05) is 19.8 Å². The zero-order chi connectivity index (χ0) is 13.4. The van der Waals surface area contributed by atoms with Crippen LogP contribution in [0.4, 0.5) is 0 Å². The van der Waals surface area contributed by atoms with Gasteiger partial charge in [-0.05, 0) is 54.2 Å². The van der Waals surface area contributed by atoms with Gasteiger partial charge in [0.15, 0.2) is 0 Å². The zero-order valence-electron chi connectivity index (χ0n) is 8.66. The van der Waals surface area contributed by atoms with Crippen LogP contribution in [0, 0.1) is 5.41 Å². The van der Waals surface area contributed by atoms with E-state index in [0.717, 1.165) is 0 Å². The van der Waals surface area contributed by atoms with E-state index in [1.807, 2.05) is 6.92 Å². The molecule has 0 radical (unpaired) electrons. The minimum atomic E-state index is -1.15. The summed E-state index contributed by atoms with van der Waals surface area (Å²) in [5, 5.41) is 34.1. The van der Waals surface area contributed by atoms with E-state index in [0.29, 0.717) is 6.42 Å². The Labute approximate surface area is 119 Å². The van der Waals surface area contributed by atoms with Gasteiger partial charge in [0, 0.05) is 5.41 Å². The highest BCUT2D eigenvalue weighted by atomic mass is 80.0. The van der Waals surface area contributed by atoms with Crippen LogP contribution in [0.5, 0.6) is 0 Å². The fourth-order valence-corrected chi connectivity index (χ4v) is 0.485. The van der Waals surface area contributed by atoms with Gasteiger partial charge in [0.05, 0.1) is 19.8 Å².